The normalized spacial score (nSPS) is 14.8. The van der Waals surface area contributed by atoms with Gasteiger partial charge in [0.2, 0.25) is 11.9 Å². The van der Waals surface area contributed by atoms with E-state index < -0.39 is 11.2 Å². The van der Waals surface area contributed by atoms with Crippen LogP contribution in [-0.4, -0.2) is 69.6 Å². The molecule has 0 bridgehead atoms. The van der Waals surface area contributed by atoms with E-state index in [1.807, 2.05) is 32.6 Å². The van der Waals surface area contributed by atoms with Crippen molar-refractivity contribution >= 4 is 23.4 Å². The maximum Gasteiger partial charge on any atom is 0.330 e. The fraction of sp³-hybridized carbons (Fsp3) is 0.591. The Morgan fingerprint density at radius 2 is 1.73 bits per heavy atom. The number of piperazine rings is 1. The fourth-order valence-electron chi connectivity index (χ4n) is 3.90. The number of nitrogens with one attached hydrogen (secondary N) is 1. The summed E-state index contributed by atoms with van der Waals surface area (Å²) in [5, 5.41) is 0. The molecule has 11 heteroatoms. The zero-order chi connectivity index (χ0) is 24.1. The number of hydrogen-bond donors (Lipinski definition) is 2. The van der Waals surface area contributed by atoms with E-state index in [2.05, 4.69) is 19.9 Å². The summed E-state index contributed by atoms with van der Waals surface area (Å²) < 4.78 is 1.33. The fourth-order valence-corrected chi connectivity index (χ4v) is 3.90. The van der Waals surface area contributed by atoms with Crippen molar-refractivity contribution in [2.45, 2.75) is 34.2 Å². The van der Waals surface area contributed by atoms with E-state index in [0.29, 0.717) is 45.2 Å². The van der Waals surface area contributed by atoms with Crippen molar-refractivity contribution in [3.63, 3.8) is 0 Å². The zero-order valence-corrected chi connectivity index (χ0v) is 19.8. The van der Waals surface area contributed by atoms with E-state index in [4.69, 9.17) is 5.73 Å². The first-order chi connectivity index (χ1) is 15.7. The second-order valence-corrected chi connectivity index (χ2v) is 9.21. The number of nitrogens with two attached hydrogens (primary N) is 1. The van der Waals surface area contributed by atoms with Crippen molar-refractivity contribution in [2.24, 2.45) is 11.8 Å². The summed E-state index contributed by atoms with van der Waals surface area (Å²) in [7, 11) is 0. The number of aromatic nitrogens is 4. The molecule has 1 fully saturated rings. The number of amides is 1. The van der Waals surface area contributed by atoms with Crippen molar-refractivity contribution in [3.8, 4) is 0 Å². The highest BCUT2D eigenvalue weighted by Crippen LogP contribution is 2.20. The van der Waals surface area contributed by atoms with Gasteiger partial charge in [0, 0.05) is 51.7 Å². The van der Waals surface area contributed by atoms with Crippen LogP contribution in [0.2, 0.25) is 0 Å². The summed E-state index contributed by atoms with van der Waals surface area (Å²) in [5.74, 6) is 0.724. The second-order valence-electron chi connectivity index (χ2n) is 9.21. The van der Waals surface area contributed by atoms with Crippen molar-refractivity contribution < 1.29 is 4.79 Å². The number of nitrogen functional groups attached to an aromatic ring is 1. The van der Waals surface area contributed by atoms with Crippen LogP contribution in [0.5, 0.6) is 0 Å². The van der Waals surface area contributed by atoms with Crippen LogP contribution in [0.25, 0.3) is 0 Å². The van der Waals surface area contributed by atoms with Gasteiger partial charge in [-0.2, -0.15) is 0 Å². The van der Waals surface area contributed by atoms with Gasteiger partial charge in [0.05, 0.1) is 6.54 Å². The first kappa shape index (κ1) is 24.4. The van der Waals surface area contributed by atoms with Crippen LogP contribution in [0.3, 0.4) is 0 Å². The standard InChI is InChI=1S/C22H34N8O3/c1-15(2)12-29(18-19(23)30(13-16(3)4)22(33)26-20(18)32)17(31)14-27-8-10-28(11-9-27)21-24-6-5-7-25-21/h5-7,15-16H,8-14,23H2,1-4H3,(H,26,32,33). The predicted octanol–water partition coefficient (Wildman–Crippen LogP) is 0.376. The molecule has 3 heterocycles. The summed E-state index contributed by atoms with van der Waals surface area (Å²) in [4.78, 5) is 54.9. The lowest BCUT2D eigenvalue weighted by Gasteiger charge is -2.35. The Hall–Kier alpha value is -3.21. The van der Waals surface area contributed by atoms with Crippen LogP contribution in [0.1, 0.15) is 27.7 Å². The lowest BCUT2D eigenvalue weighted by atomic mass is 10.2. The number of hydrogen-bond acceptors (Lipinski definition) is 8. The first-order valence-electron chi connectivity index (χ1n) is 11.3. The number of nitrogens with zero attached hydrogens (tertiary/aromatic N) is 6. The average molecular weight is 459 g/mol. The Labute approximate surface area is 193 Å². The molecule has 1 saturated heterocycles. The smallest absolute Gasteiger partial charge is 0.330 e. The largest absolute Gasteiger partial charge is 0.383 e. The Kier molecular flexibility index (Phi) is 7.85. The molecule has 1 aliphatic rings. The molecular weight excluding hydrogens is 424 g/mol. The van der Waals surface area contributed by atoms with Gasteiger partial charge in [-0.3, -0.25) is 24.0 Å². The predicted molar refractivity (Wildman–Crippen MR) is 128 cm³/mol. The maximum atomic E-state index is 13.4. The molecule has 11 nitrogen and oxygen atoms in total. The summed E-state index contributed by atoms with van der Waals surface area (Å²) in [6.07, 6.45) is 3.42. The molecule has 2 aromatic heterocycles. The molecule has 2 aromatic rings. The summed E-state index contributed by atoms with van der Waals surface area (Å²) >= 11 is 0. The van der Waals surface area contributed by atoms with Crippen LogP contribution in [-0.2, 0) is 11.3 Å². The molecule has 0 saturated carbocycles. The van der Waals surface area contributed by atoms with Crippen LogP contribution in [0, 0.1) is 11.8 Å². The van der Waals surface area contributed by atoms with E-state index in [1.165, 1.54) is 9.47 Å². The highest BCUT2D eigenvalue weighted by atomic mass is 16.2. The highest BCUT2D eigenvalue weighted by Gasteiger charge is 2.28. The third-order valence-electron chi connectivity index (χ3n) is 5.45. The van der Waals surface area contributed by atoms with E-state index in [1.54, 1.807) is 18.5 Å². The molecule has 3 rings (SSSR count). The average Bonchev–Trinajstić information content (AvgIpc) is 2.76. The van der Waals surface area contributed by atoms with Gasteiger partial charge in [0.1, 0.15) is 5.82 Å². The second kappa shape index (κ2) is 10.6. The summed E-state index contributed by atoms with van der Waals surface area (Å²) in [6.45, 7) is 11.4. The lowest BCUT2D eigenvalue weighted by molar-refractivity contribution is -0.120. The molecule has 0 aromatic carbocycles. The van der Waals surface area contributed by atoms with E-state index in [-0.39, 0.29) is 35.8 Å². The van der Waals surface area contributed by atoms with Gasteiger partial charge >= 0.3 is 5.69 Å². The van der Waals surface area contributed by atoms with Crippen LogP contribution >= 0.6 is 0 Å². The SMILES string of the molecule is CC(C)CN(C(=O)CN1CCN(c2ncccn2)CC1)c1c(N)n(CC(C)C)c(=O)[nH]c1=O. The molecule has 1 amide bonds. The van der Waals surface area contributed by atoms with Crippen LogP contribution in [0.4, 0.5) is 17.5 Å². The molecular formula is C22H34N8O3. The Bertz CT molecular complexity index is 1060. The molecule has 3 N–H and O–H groups in total. The quantitative estimate of drug-likeness (QED) is 0.580. The van der Waals surface area contributed by atoms with Gasteiger partial charge in [-0.25, -0.2) is 14.8 Å². The third kappa shape index (κ3) is 5.98. The molecule has 33 heavy (non-hydrogen) atoms. The Balaban J connectivity index is 1.79. The van der Waals surface area contributed by atoms with Gasteiger partial charge in [-0.1, -0.05) is 27.7 Å². The number of rotatable bonds is 8. The van der Waals surface area contributed by atoms with E-state index in [0.717, 1.165) is 0 Å². The first-order valence-corrected chi connectivity index (χ1v) is 11.3. The molecule has 0 spiro atoms. The Morgan fingerprint density at radius 3 is 2.30 bits per heavy atom. The maximum absolute atomic E-state index is 13.4. The van der Waals surface area contributed by atoms with Gasteiger partial charge in [-0.05, 0) is 17.9 Å². The van der Waals surface area contributed by atoms with E-state index in [9.17, 15) is 14.4 Å². The molecule has 0 atom stereocenters. The van der Waals surface area contributed by atoms with Gasteiger partial charge in [-0.15, -0.1) is 0 Å². The topological polar surface area (TPSA) is 133 Å². The third-order valence-corrected chi connectivity index (χ3v) is 5.45. The minimum Gasteiger partial charge on any atom is -0.383 e. The molecule has 0 radical (unpaired) electrons. The highest BCUT2D eigenvalue weighted by molar-refractivity contribution is 5.96. The Morgan fingerprint density at radius 1 is 1.09 bits per heavy atom. The van der Waals surface area contributed by atoms with Gasteiger partial charge < -0.3 is 15.5 Å². The van der Waals surface area contributed by atoms with Crippen molar-refractivity contribution in [1.82, 2.24) is 24.4 Å². The molecule has 180 valence electrons. The number of carbonyl (C=O) groups is 1. The number of aromatic amines is 1. The zero-order valence-electron chi connectivity index (χ0n) is 19.8. The number of carbonyl (C=O) groups excluding carboxylic acids is 1. The summed E-state index contributed by atoms with van der Waals surface area (Å²) in [6, 6.07) is 1.78. The molecule has 0 unspecified atom stereocenters. The van der Waals surface area contributed by atoms with Crippen LogP contribution in [0.15, 0.2) is 28.0 Å². The molecule has 1 aliphatic heterocycles. The van der Waals surface area contributed by atoms with Gasteiger partial charge in [0.15, 0.2) is 5.69 Å². The summed E-state index contributed by atoms with van der Waals surface area (Å²) in [5.41, 5.74) is 5.12. The van der Waals surface area contributed by atoms with E-state index >= 15 is 0 Å². The minimum absolute atomic E-state index is 0.0255. The monoisotopic (exact) mass is 458 g/mol. The number of anilines is 3. The minimum atomic E-state index is -0.641. The van der Waals surface area contributed by atoms with Crippen molar-refractivity contribution in [1.29, 1.82) is 0 Å². The molecule has 0 aliphatic carbocycles. The number of H-pyrrole nitrogens is 1. The lowest BCUT2D eigenvalue weighted by Crippen LogP contribution is -2.52. The van der Waals surface area contributed by atoms with Gasteiger partial charge in [0.25, 0.3) is 5.56 Å². The van der Waals surface area contributed by atoms with Crippen molar-refractivity contribution in [2.75, 3.05) is 54.8 Å². The van der Waals surface area contributed by atoms with Crippen molar-refractivity contribution in [3.05, 3.63) is 39.3 Å². The van der Waals surface area contributed by atoms with Crippen LogP contribution < -0.4 is 26.8 Å².